The number of hydrogen-bond donors (Lipinski definition) is 0. The summed E-state index contributed by atoms with van der Waals surface area (Å²) in [4.78, 5) is 10.8. The maximum absolute atomic E-state index is 10.8. The zero-order valence-corrected chi connectivity index (χ0v) is 10.1. The molecular weight excluding hydrogens is 188 g/mol. The molecule has 0 atom stereocenters. The third kappa shape index (κ3) is 5.01. The van der Waals surface area contributed by atoms with E-state index in [9.17, 15) is 4.79 Å². The quantitative estimate of drug-likeness (QED) is 0.380. The topological polar surface area (TPSA) is 26.3 Å². The largest absolute Gasteiger partial charge is 0.459 e. The van der Waals surface area contributed by atoms with Gasteiger partial charge in [0.25, 0.3) is 0 Å². The van der Waals surface area contributed by atoms with E-state index in [2.05, 4.69) is 19.9 Å². The molecule has 1 rings (SSSR count). The Morgan fingerprint density at radius 3 is 2.40 bits per heavy atom. The summed E-state index contributed by atoms with van der Waals surface area (Å²) in [6.07, 6.45) is 8.96. The highest BCUT2D eigenvalue weighted by Gasteiger charge is 2.45. The van der Waals surface area contributed by atoms with Gasteiger partial charge >= 0.3 is 5.97 Å². The molecule has 0 aromatic carbocycles. The number of allylic oxidation sites excluding steroid dienone is 2. The summed E-state index contributed by atoms with van der Waals surface area (Å²) in [6, 6.07) is 0. The molecule has 0 heterocycles. The van der Waals surface area contributed by atoms with E-state index in [1.54, 1.807) is 0 Å². The fraction of sp³-hybridized carbons (Fsp3) is 0.769. The third-order valence-corrected chi connectivity index (χ3v) is 2.81. The molecule has 1 aliphatic carbocycles. The molecule has 15 heavy (non-hydrogen) atoms. The first-order valence-electron chi connectivity index (χ1n) is 5.87. The van der Waals surface area contributed by atoms with Crippen molar-refractivity contribution in [3.05, 3.63) is 11.6 Å². The van der Waals surface area contributed by atoms with Crippen LogP contribution in [0.4, 0.5) is 0 Å². The van der Waals surface area contributed by atoms with Crippen LogP contribution in [0.2, 0.25) is 0 Å². The molecule has 0 spiro atoms. The zero-order chi connectivity index (χ0) is 11.3. The van der Waals surface area contributed by atoms with Gasteiger partial charge in [-0.05, 0) is 52.4 Å². The summed E-state index contributed by atoms with van der Waals surface area (Å²) in [5.41, 5.74) is 1.33. The molecule has 0 radical (unpaired) electrons. The van der Waals surface area contributed by atoms with E-state index in [4.69, 9.17) is 4.74 Å². The van der Waals surface area contributed by atoms with Gasteiger partial charge in [-0.1, -0.05) is 11.6 Å². The minimum atomic E-state index is -0.128. The van der Waals surface area contributed by atoms with Crippen LogP contribution < -0.4 is 0 Å². The van der Waals surface area contributed by atoms with Crippen molar-refractivity contribution in [3.8, 4) is 0 Å². The number of hydrogen-bond acceptors (Lipinski definition) is 2. The van der Waals surface area contributed by atoms with Crippen LogP contribution in [-0.2, 0) is 9.53 Å². The maximum atomic E-state index is 10.8. The van der Waals surface area contributed by atoms with Gasteiger partial charge in [0.2, 0.25) is 0 Å². The monoisotopic (exact) mass is 210 g/mol. The van der Waals surface area contributed by atoms with Crippen molar-refractivity contribution in [1.82, 2.24) is 0 Å². The molecule has 0 N–H and O–H groups in total. The van der Waals surface area contributed by atoms with Crippen LogP contribution in [0.15, 0.2) is 11.6 Å². The molecule has 2 heteroatoms. The number of rotatable bonds is 6. The lowest BCUT2D eigenvalue weighted by molar-refractivity contribution is -0.148. The van der Waals surface area contributed by atoms with Gasteiger partial charge in [0.1, 0.15) is 5.60 Å². The Labute approximate surface area is 92.7 Å². The fourth-order valence-corrected chi connectivity index (χ4v) is 1.83. The first-order chi connectivity index (χ1) is 7.04. The van der Waals surface area contributed by atoms with Crippen molar-refractivity contribution in [2.45, 2.75) is 64.9 Å². The van der Waals surface area contributed by atoms with Gasteiger partial charge in [0, 0.05) is 6.92 Å². The number of carbonyl (C=O) groups is 1. The second-order valence-corrected chi connectivity index (χ2v) is 4.80. The van der Waals surface area contributed by atoms with E-state index in [-0.39, 0.29) is 11.6 Å². The van der Waals surface area contributed by atoms with Gasteiger partial charge in [0.05, 0.1) is 0 Å². The number of unbranched alkanes of at least 4 members (excludes halogenated alkanes) is 2. The van der Waals surface area contributed by atoms with Crippen LogP contribution in [0, 0.1) is 0 Å². The molecule has 1 aliphatic rings. The molecule has 2 nitrogen and oxygen atoms in total. The Bertz CT molecular complexity index is 245. The first-order valence-corrected chi connectivity index (χ1v) is 5.87. The highest BCUT2D eigenvalue weighted by Crippen LogP contribution is 2.44. The molecule has 0 amide bonds. The van der Waals surface area contributed by atoms with Gasteiger partial charge in [-0.15, -0.1) is 0 Å². The van der Waals surface area contributed by atoms with Gasteiger partial charge in [-0.25, -0.2) is 0 Å². The predicted molar refractivity (Wildman–Crippen MR) is 61.6 cm³/mol. The van der Waals surface area contributed by atoms with Crippen LogP contribution in [0.1, 0.15) is 59.3 Å². The summed E-state index contributed by atoms with van der Waals surface area (Å²) >= 11 is 0. The van der Waals surface area contributed by atoms with Crippen LogP contribution in [0.5, 0.6) is 0 Å². The van der Waals surface area contributed by atoms with E-state index in [1.807, 2.05) is 0 Å². The van der Waals surface area contributed by atoms with Gasteiger partial charge in [-0.2, -0.15) is 0 Å². The van der Waals surface area contributed by atoms with E-state index < -0.39 is 0 Å². The van der Waals surface area contributed by atoms with Crippen molar-refractivity contribution < 1.29 is 9.53 Å². The summed E-state index contributed by atoms with van der Waals surface area (Å²) in [6.45, 7) is 5.76. The van der Waals surface area contributed by atoms with Crippen molar-refractivity contribution in [1.29, 1.82) is 0 Å². The van der Waals surface area contributed by atoms with Gasteiger partial charge in [0.15, 0.2) is 0 Å². The van der Waals surface area contributed by atoms with Crippen molar-refractivity contribution >= 4 is 5.97 Å². The van der Waals surface area contributed by atoms with Crippen molar-refractivity contribution in [3.63, 3.8) is 0 Å². The smallest absolute Gasteiger partial charge is 0.303 e. The van der Waals surface area contributed by atoms with E-state index in [0.29, 0.717) is 0 Å². The van der Waals surface area contributed by atoms with Crippen molar-refractivity contribution in [2.24, 2.45) is 0 Å². The lowest BCUT2D eigenvalue weighted by Gasteiger charge is -2.14. The number of ether oxygens (including phenoxy) is 1. The van der Waals surface area contributed by atoms with Gasteiger partial charge in [-0.3, -0.25) is 4.79 Å². The standard InChI is InChI=1S/C13H22O2/c1-11(2)7-5-4-6-8-13(9-10-13)15-12(3)14/h7H,4-6,8-10H2,1-3H3. The van der Waals surface area contributed by atoms with Crippen LogP contribution >= 0.6 is 0 Å². The zero-order valence-electron chi connectivity index (χ0n) is 10.1. The average Bonchev–Trinajstić information content (AvgIpc) is 2.83. The molecule has 1 fully saturated rings. The third-order valence-electron chi connectivity index (χ3n) is 2.81. The number of esters is 1. The second-order valence-electron chi connectivity index (χ2n) is 4.80. The summed E-state index contributed by atoms with van der Waals surface area (Å²) in [7, 11) is 0. The highest BCUT2D eigenvalue weighted by molar-refractivity contribution is 5.66. The van der Waals surface area contributed by atoms with E-state index in [0.717, 1.165) is 32.1 Å². The Hall–Kier alpha value is -0.790. The summed E-state index contributed by atoms with van der Waals surface area (Å²) < 4.78 is 5.32. The van der Waals surface area contributed by atoms with Crippen LogP contribution in [-0.4, -0.2) is 11.6 Å². The van der Waals surface area contributed by atoms with E-state index >= 15 is 0 Å². The fourth-order valence-electron chi connectivity index (χ4n) is 1.83. The van der Waals surface area contributed by atoms with E-state index in [1.165, 1.54) is 18.9 Å². The van der Waals surface area contributed by atoms with Gasteiger partial charge < -0.3 is 4.74 Å². The Morgan fingerprint density at radius 1 is 1.27 bits per heavy atom. The normalized spacial score (nSPS) is 17.0. The lowest BCUT2D eigenvalue weighted by atomic mass is 10.1. The number of carbonyl (C=O) groups excluding carboxylic acids is 1. The molecule has 0 aliphatic heterocycles. The summed E-state index contributed by atoms with van der Waals surface area (Å²) in [5, 5.41) is 0. The maximum Gasteiger partial charge on any atom is 0.303 e. The van der Waals surface area contributed by atoms with Crippen molar-refractivity contribution in [2.75, 3.05) is 0 Å². The SMILES string of the molecule is CC(=O)OC1(CCCCC=C(C)C)CC1. The predicted octanol–water partition coefficient (Wildman–Crippen LogP) is 3.61. The molecule has 0 aromatic heterocycles. The van der Waals surface area contributed by atoms with Crippen LogP contribution in [0.3, 0.4) is 0 Å². The summed E-state index contributed by atoms with van der Waals surface area (Å²) in [5.74, 6) is -0.128. The molecular formula is C13H22O2. The second kappa shape index (κ2) is 5.34. The Balaban J connectivity index is 2.10. The Kier molecular flexibility index (Phi) is 4.37. The first kappa shape index (κ1) is 12.3. The minimum absolute atomic E-state index is 0.0587. The molecule has 1 saturated carbocycles. The molecule has 0 unspecified atom stereocenters. The minimum Gasteiger partial charge on any atom is -0.459 e. The highest BCUT2D eigenvalue weighted by atomic mass is 16.6. The lowest BCUT2D eigenvalue weighted by Crippen LogP contribution is -2.17. The molecule has 0 saturated heterocycles. The average molecular weight is 210 g/mol. The van der Waals surface area contributed by atoms with Crippen LogP contribution in [0.25, 0.3) is 0 Å². The molecule has 86 valence electrons. The molecule has 0 aromatic rings. The Morgan fingerprint density at radius 2 is 1.93 bits per heavy atom. The molecule has 0 bridgehead atoms.